The molecule has 0 spiro atoms. The van der Waals surface area contributed by atoms with Gasteiger partial charge in [-0.2, -0.15) is 0 Å². The van der Waals surface area contributed by atoms with E-state index in [0.29, 0.717) is 5.56 Å². The Kier molecular flexibility index (Phi) is 3.60. The van der Waals surface area contributed by atoms with E-state index in [2.05, 4.69) is 0 Å². The van der Waals surface area contributed by atoms with E-state index < -0.39 is 17.4 Å². The largest absolute Gasteiger partial charge is 0.378 e. The van der Waals surface area contributed by atoms with Gasteiger partial charge < -0.3 is 4.90 Å². The van der Waals surface area contributed by atoms with E-state index in [4.69, 9.17) is 0 Å². The minimum absolute atomic E-state index is 0.252. The molecule has 0 aromatic heterocycles. The average molecular weight is 261 g/mol. The summed E-state index contributed by atoms with van der Waals surface area (Å²) >= 11 is 0. The highest BCUT2D eigenvalue weighted by Crippen LogP contribution is 2.18. The Morgan fingerprint density at radius 1 is 1.00 bits per heavy atom. The van der Waals surface area contributed by atoms with Gasteiger partial charge in [-0.05, 0) is 36.4 Å². The van der Waals surface area contributed by atoms with Gasteiger partial charge in [0.1, 0.15) is 0 Å². The van der Waals surface area contributed by atoms with Crippen LogP contribution in [0.4, 0.5) is 14.5 Å². The second kappa shape index (κ2) is 5.18. The summed E-state index contributed by atoms with van der Waals surface area (Å²) in [6, 6.07) is 10.3. The number of rotatable bonds is 3. The summed E-state index contributed by atoms with van der Waals surface area (Å²) in [6.45, 7) is 0. The van der Waals surface area contributed by atoms with Gasteiger partial charge in [-0.1, -0.05) is 6.07 Å². The van der Waals surface area contributed by atoms with Gasteiger partial charge in [0.05, 0.1) is 5.56 Å². The molecule has 0 atom stereocenters. The van der Waals surface area contributed by atoms with Gasteiger partial charge in [0.25, 0.3) is 0 Å². The molecule has 2 rings (SSSR count). The van der Waals surface area contributed by atoms with Crippen molar-refractivity contribution in [1.29, 1.82) is 0 Å². The zero-order chi connectivity index (χ0) is 14.0. The first kappa shape index (κ1) is 13.2. The van der Waals surface area contributed by atoms with E-state index in [1.54, 1.807) is 24.3 Å². The van der Waals surface area contributed by atoms with Crippen molar-refractivity contribution < 1.29 is 13.6 Å². The number of carbonyl (C=O) groups excluding carboxylic acids is 1. The quantitative estimate of drug-likeness (QED) is 0.790. The van der Waals surface area contributed by atoms with Gasteiger partial charge >= 0.3 is 0 Å². The molecule has 0 saturated carbocycles. The van der Waals surface area contributed by atoms with Crippen LogP contribution in [-0.2, 0) is 0 Å². The third kappa shape index (κ3) is 2.62. The van der Waals surface area contributed by atoms with Gasteiger partial charge in [0.2, 0.25) is 0 Å². The van der Waals surface area contributed by atoms with E-state index in [-0.39, 0.29) is 5.56 Å². The van der Waals surface area contributed by atoms with Crippen molar-refractivity contribution in [3.63, 3.8) is 0 Å². The molecule has 19 heavy (non-hydrogen) atoms. The van der Waals surface area contributed by atoms with E-state index in [1.807, 2.05) is 19.0 Å². The second-order valence-electron chi connectivity index (χ2n) is 4.37. The molecule has 0 heterocycles. The molecule has 2 nitrogen and oxygen atoms in total. The topological polar surface area (TPSA) is 20.3 Å². The Balaban J connectivity index is 2.36. The highest BCUT2D eigenvalue weighted by molar-refractivity contribution is 6.09. The van der Waals surface area contributed by atoms with Gasteiger partial charge in [-0.25, -0.2) is 8.78 Å². The maximum Gasteiger partial charge on any atom is 0.196 e. The van der Waals surface area contributed by atoms with Gasteiger partial charge in [0, 0.05) is 25.3 Å². The van der Waals surface area contributed by atoms with Crippen LogP contribution in [0.3, 0.4) is 0 Å². The van der Waals surface area contributed by atoms with E-state index in [1.165, 1.54) is 12.1 Å². The zero-order valence-electron chi connectivity index (χ0n) is 10.7. The molecule has 4 heteroatoms. The lowest BCUT2D eigenvalue weighted by Crippen LogP contribution is -2.09. The Labute approximate surface area is 110 Å². The SMILES string of the molecule is CN(C)c1ccc(C(=O)c2cccc(F)c2F)cc1. The Hall–Kier alpha value is -2.23. The summed E-state index contributed by atoms with van der Waals surface area (Å²) in [5.41, 5.74) is 1.00. The molecule has 0 unspecified atom stereocenters. The average Bonchev–Trinajstić information content (AvgIpc) is 2.41. The lowest BCUT2D eigenvalue weighted by Gasteiger charge is -2.12. The maximum absolute atomic E-state index is 13.5. The highest BCUT2D eigenvalue weighted by atomic mass is 19.2. The first-order valence-electron chi connectivity index (χ1n) is 5.77. The van der Waals surface area contributed by atoms with E-state index in [0.717, 1.165) is 11.8 Å². The fraction of sp³-hybridized carbons (Fsp3) is 0.133. The summed E-state index contributed by atoms with van der Waals surface area (Å²) in [4.78, 5) is 14.0. The number of ketones is 1. The maximum atomic E-state index is 13.5. The smallest absolute Gasteiger partial charge is 0.196 e. The Morgan fingerprint density at radius 3 is 2.21 bits per heavy atom. The summed E-state index contributed by atoms with van der Waals surface area (Å²) in [5.74, 6) is -2.65. The molecule has 0 aliphatic carbocycles. The number of hydrogen-bond donors (Lipinski definition) is 0. The molecule has 2 aromatic carbocycles. The monoisotopic (exact) mass is 261 g/mol. The van der Waals surface area contributed by atoms with Crippen LogP contribution in [-0.4, -0.2) is 19.9 Å². The second-order valence-corrected chi connectivity index (χ2v) is 4.37. The number of halogens is 2. The minimum atomic E-state index is -1.11. The van der Waals surface area contributed by atoms with E-state index >= 15 is 0 Å². The van der Waals surface area contributed by atoms with Crippen molar-refractivity contribution in [2.45, 2.75) is 0 Å². The van der Waals surface area contributed by atoms with Crippen molar-refractivity contribution in [3.05, 3.63) is 65.2 Å². The lowest BCUT2D eigenvalue weighted by molar-refractivity contribution is 0.103. The lowest BCUT2D eigenvalue weighted by atomic mass is 10.0. The molecule has 0 aliphatic rings. The molecule has 0 aliphatic heterocycles. The molecule has 0 N–H and O–H groups in total. The van der Waals surface area contributed by atoms with Crippen LogP contribution in [0.1, 0.15) is 15.9 Å². The van der Waals surface area contributed by atoms with Crippen LogP contribution in [0.2, 0.25) is 0 Å². The molecule has 98 valence electrons. The molecule has 0 radical (unpaired) electrons. The summed E-state index contributed by atoms with van der Waals surface area (Å²) in [6.07, 6.45) is 0. The fourth-order valence-corrected chi connectivity index (χ4v) is 1.75. The molecule has 2 aromatic rings. The normalized spacial score (nSPS) is 10.3. The summed E-state index contributed by atoms with van der Waals surface area (Å²) in [5, 5.41) is 0. The van der Waals surface area contributed by atoms with E-state index in [9.17, 15) is 13.6 Å². The standard InChI is InChI=1S/C15H13F2NO/c1-18(2)11-8-6-10(7-9-11)15(19)12-4-3-5-13(16)14(12)17/h3-9H,1-2H3. The van der Waals surface area contributed by atoms with Crippen molar-refractivity contribution in [1.82, 2.24) is 0 Å². The predicted octanol–water partition coefficient (Wildman–Crippen LogP) is 3.26. The number of nitrogens with zero attached hydrogens (tertiary/aromatic N) is 1. The van der Waals surface area contributed by atoms with Gasteiger partial charge in [-0.3, -0.25) is 4.79 Å². The summed E-state index contributed by atoms with van der Waals surface area (Å²) in [7, 11) is 3.76. The van der Waals surface area contributed by atoms with Crippen LogP contribution in [0.5, 0.6) is 0 Å². The van der Waals surface area contributed by atoms with Crippen LogP contribution in [0.15, 0.2) is 42.5 Å². The van der Waals surface area contributed by atoms with Crippen LogP contribution in [0, 0.1) is 11.6 Å². The number of carbonyl (C=O) groups is 1. The van der Waals surface area contributed by atoms with Crippen molar-refractivity contribution in [3.8, 4) is 0 Å². The molecule has 0 bridgehead atoms. The van der Waals surface area contributed by atoms with Crippen molar-refractivity contribution in [2.24, 2.45) is 0 Å². The Bertz CT molecular complexity index is 606. The first-order valence-corrected chi connectivity index (χ1v) is 5.77. The number of hydrogen-bond acceptors (Lipinski definition) is 2. The molecule has 0 saturated heterocycles. The molecule has 0 amide bonds. The van der Waals surface area contributed by atoms with Crippen LogP contribution < -0.4 is 4.90 Å². The minimum Gasteiger partial charge on any atom is -0.378 e. The molecular formula is C15H13F2NO. The fourth-order valence-electron chi connectivity index (χ4n) is 1.75. The number of benzene rings is 2. The zero-order valence-corrected chi connectivity index (χ0v) is 10.7. The third-order valence-electron chi connectivity index (χ3n) is 2.84. The van der Waals surface area contributed by atoms with Crippen molar-refractivity contribution in [2.75, 3.05) is 19.0 Å². The van der Waals surface area contributed by atoms with Gasteiger partial charge in [0.15, 0.2) is 17.4 Å². The summed E-state index contributed by atoms with van der Waals surface area (Å²) < 4.78 is 26.6. The van der Waals surface area contributed by atoms with Gasteiger partial charge in [-0.15, -0.1) is 0 Å². The van der Waals surface area contributed by atoms with Crippen molar-refractivity contribution >= 4 is 11.5 Å². The highest BCUT2D eigenvalue weighted by Gasteiger charge is 2.16. The predicted molar refractivity (Wildman–Crippen MR) is 70.6 cm³/mol. The number of anilines is 1. The first-order chi connectivity index (χ1) is 9.00. The molecular weight excluding hydrogens is 248 g/mol. The Morgan fingerprint density at radius 2 is 1.63 bits per heavy atom. The molecule has 0 fully saturated rings. The van der Waals surface area contributed by atoms with Crippen LogP contribution >= 0.6 is 0 Å². The third-order valence-corrected chi connectivity index (χ3v) is 2.84. The van der Waals surface area contributed by atoms with Crippen LogP contribution in [0.25, 0.3) is 0 Å².